The first-order valence-electron chi connectivity index (χ1n) is 5.54. The van der Waals surface area contributed by atoms with E-state index in [2.05, 4.69) is 16.4 Å². The van der Waals surface area contributed by atoms with Crippen molar-refractivity contribution in [3.8, 4) is 6.07 Å². The molecule has 1 aromatic heterocycles. The van der Waals surface area contributed by atoms with Crippen LogP contribution in [0, 0.1) is 11.3 Å². The maximum atomic E-state index is 8.93. The van der Waals surface area contributed by atoms with E-state index in [4.69, 9.17) is 9.68 Å². The molecule has 0 aromatic carbocycles. The Hall–Kier alpha value is -1.50. The van der Waals surface area contributed by atoms with Gasteiger partial charge in [-0.15, -0.1) is 0 Å². The predicted octanol–water partition coefficient (Wildman–Crippen LogP) is 2.39. The van der Waals surface area contributed by atoms with Gasteiger partial charge in [-0.25, -0.2) is 4.98 Å². The fourth-order valence-electron chi connectivity index (χ4n) is 1.75. The number of rotatable bonds is 3. The molecule has 0 saturated heterocycles. The summed E-state index contributed by atoms with van der Waals surface area (Å²) in [7, 11) is 0. The molecule has 1 aromatic rings. The lowest BCUT2D eigenvalue weighted by molar-refractivity contribution is 0.338. The van der Waals surface area contributed by atoms with Crippen LogP contribution in [0.2, 0.25) is 0 Å². The van der Waals surface area contributed by atoms with Gasteiger partial charge in [-0.1, -0.05) is 6.42 Å². The summed E-state index contributed by atoms with van der Waals surface area (Å²) in [6.07, 6.45) is 5.89. The molecule has 1 N–H and O–H groups in total. The zero-order chi connectivity index (χ0) is 10.3. The van der Waals surface area contributed by atoms with Crippen LogP contribution in [-0.2, 0) is 0 Å². The minimum atomic E-state index is 0.420. The highest BCUT2D eigenvalue weighted by atomic mass is 16.4. The number of anilines is 1. The van der Waals surface area contributed by atoms with Gasteiger partial charge in [0.15, 0.2) is 0 Å². The van der Waals surface area contributed by atoms with Crippen molar-refractivity contribution in [1.82, 2.24) is 4.98 Å². The summed E-state index contributed by atoms with van der Waals surface area (Å²) in [4.78, 5) is 4.24. The topological polar surface area (TPSA) is 61.9 Å². The molecule has 0 spiro atoms. The van der Waals surface area contributed by atoms with Crippen LogP contribution in [0.1, 0.15) is 49.6 Å². The third-order valence-corrected chi connectivity index (χ3v) is 3.12. The van der Waals surface area contributed by atoms with E-state index in [1.54, 1.807) is 0 Å². The molecule has 0 radical (unpaired) electrons. The Bertz CT molecular complexity index is 410. The Morgan fingerprint density at radius 2 is 2.13 bits per heavy atom. The molecule has 0 aliphatic heterocycles. The standard InChI is InChI=1S/C11H13N3O/c12-6-9-11(13-8-4-5-8)15-10(14-9)7-2-1-3-7/h7-8,13H,1-5H2. The van der Waals surface area contributed by atoms with Gasteiger partial charge in [0, 0.05) is 12.0 Å². The highest BCUT2D eigenvalue weighted by molar-refractivity contribution is 5.47. The third-order valence-electron chi connectivity index (χ3n) is 3.12. The second-order valence-corrected chi connectivity index (χ2v) is 4.39. The van der Waals surface area contributed by atoms with Crippen molar-refractivity contribution in [2.75, 3.05) is 5.32 Å². The molecule has 4 heteroatoms. The number of nitriles is 1. The fraction of sp³-hybridized carbons (Fsp3) is 0.636. The highest BCUT2D eigenvalue weighted by Gasteiger charge is 2.29. The Balaban J connectivity index is 1.83. The highest BCUT2D eigenvalue weighted by Crippen LogP contribution is 2.38. The molecule has 2 aliphatic carbocycles. The van der Waals surface area contributed by atoms with E-state index >= 15 is 0 Å². The van der Waals surface area contributed by atoms with Crippen molar-refractivity contribution in [3.05, 3.63) is 11.6 Å². The number of hydrogen-bond donors (Lipinski definition) is 1. The summed E-state index contributed by atoms with van der Waals surface area (Å²) in [5.41, 5.74) is 0.420. The van der Waals surface area contributed by atoms with Gasteiger partial charge in [0.1, 0.15) is 6.07 Å². The number of nitrogens with zero attached hydrogens (tertiary/aromatic N) is 2. The van der Waals surface area contributed by atoms with E-state index in [1.165, 1.54) is 19.3 Å². The van der Waals surface area contributed by atoms with E-state index in [0.717, 1.165) is 18.7 Å². The Morgan fingerprint density at radius 3 is 2.67 bits per heavy atom. The lowest BCUT2D eigenvalue weighted by Gasteiger charge is -2.21. The molecular formula is C11H13N3O. The average molecular weight is 203 g/mol. The summed E-state index contributed by atoms with van der Waals surface area (Å²) in [6, 6.07) is 2.58. The molecule has 2 aliphatic rings. The van der Waals surface area contributed by atoms with Crippen molar-refractivity contribution in [2.24, 2.45) is 0 Å². The second-order valence-electron chi connectivity index (χ2n) is 4.39. The molecule has 15 heavy (non-hydrogen) atoms. The number of hydrogen-bond acceptors (Lipinski definition) is 4. The monoisotopic (exact) mass is 203 g/mol. The van der Waals surface area contributed by atoms with Crippen LogP contribution >= 0.6 is 0 Å². The number of nitrogens with one attached hydrogen (secondary N) is 1. The van der Waals surface area contributed by atoms with Gasteiger partial charge in [-0.3, -0.25) is 0 Å². The van der Waals surface area contributed by atoms with Gasteiger partial charge >= 0.3 is 0 Å². The van der Waals surface area contributed by atoms with Gasteiger partial charge in [-0.2, -0.15) is 5.26 Å². The average Bonchev–Trinajstić information content (AvgIpc) is 2.85. The van der Waals surface area contributed by atoms with Crippen LogP contribution in [0.3, 0.4) is 0 Å². The van der Waals surface area contributed by atoms with Crippen LogP contribution in [0.25, 0.3) is 0 Å². The van der Waals surface area contributed by atoms with Gasteiger partial charge in [-0.05, 0) is 25.7 Å². The van der Waals surface area contributed by atoms with Gasteiger partial charge < -0.3 is 9.73 Å². The number of oxazole rings is 1. The first-order valence-corrected chi connectivity index (χ1v) is 5.54. The maximum Gasteiger partial charge on any atom is 0.232 e. The van der Waals surface area contributed by atoms with Crippen molar-refractivity contribution in [2.45, 2.75) is 44.1 Å². The SMILES string of the molecule is N#Cc1nc(C2CCC2)oc1NC1CC1. The van der Waals surface area contributed by atoms with Crippen LogP contribution < -0.4 is 5.32 Å². The van der Waals surface area contributed by atoms with Crippen LogP contribution in [-0.4, -0.2) is 11.0 Å². The fourth-order valence-corrected chi connectivity index (χ4v) is 1.75. The quantitative estimate of drug-likeness (QED) is 0.819. The molecule has 78 valence electrons. The van der Waals surface area contributed by atoms with Crippen molar-refractivity contribution in [1.29, 1.82) is 5.26 Å². The lowest BCUT2D eigenvalue weighted by Crippen LogP contribution is -2.08. The molecule has 0 atom stereocenters. The summed E-state index contributed by atoms with van der Waals surface area (Å²) in [5.74, 6) is 1.79. The molecule has 0 amide bonds. The van der Waals surface area contributed by atoms with Gasteiger partial charge in [0.2, 0.25) is 17.5 Å². The second kappa shape index (κ2) is 3.27. The normalized spacial score (nSPS) is 20.7. The molecule has 1 heterocycles. The number of aromatic nitrogens is 1. The predicted molar refractivity (Wildman–Crippen MR) is 54.5 cm³/mol. The molecular weight excluding hydrogens is 190 g/mol. The van der Waals surface area contributed by atoms with Crippen molar-refractivity contribution < 1.29 is 4.42 Å². The molecule has 3 rings (SSSR count). The smallest absolute Gasteiger partial charge is 0.232 e. The van der Waals surface area contributed by atoms with E-state index in [0.29, 0.717) is 23.5 Å². The first-order chi connectivity index (χ1) is 7.36. The van der Waals surface area contributed by atoms with Crippen molar-refractivity contribution >= 4 is 5.88 Å². The molecule has 0 unspecified atom stereocenters. The van der Waals surface area contributed by atoms with Gasteiger partial charge in [0.25, 0.3) is 0 Å². The largest absolute Gasteiger partial charge is 0.424 e. The minimum absolute atomic E-state index is 0.420. The van der Waals surface area contributed by atoms with Crippen molar-refractivity contribution in [3.63, 3.8) is 0 Å². The summed E-state index contributed by atoms with van der Waals surface area (Å²) < 4.78 is 5.62. The minimum Gasteiger partial charge on any atom is -0.424 e. The molecule has 4 nitrogen and oxygen atoms in total. The zero-order valence-corrected chi connectivity index (χ0v) is 8.49. The van der Waals surface area contributed by atoms with Crippen LogP contribution in [0.4, 0.5) is 5.88 Å². The molecule has 0 bridgehead atoms. The zero-order valence-electron chi connectivity index (χ0n) is 8.49. The van der Waals surface area contributed by atoms with Gasteiger partial charge in [0.05, 0.1) is 0 Å². The Kier molecular flexibility index (Phi) is 1.91. The van der Waals surface area contributed by atoms with Crippen LogP contribution in [0.15, 0.2) is 4.42 Å². The Morgan fingerprint density at radius 1 is 1.33 bits per heavy atom. The van der Waals surface area contributed by atoms with E-state index in [1.807, 2.05) is 0 Å². The summed E-state index contributed by atoms with van der Waals surface area (Å²) >= 11 is 0. The Labute approximate surface area is 88.3 Å². The summed E-state index contributed by atoms with van der Waals surface area (Å²) in [5, 5.41) is 12.1. The lowest BCUT2D eigenvalue weighted by atomic mass is 9.85. The molecule has 2 fully saturated rings. The summed E-state index contributed by atoms with van der Waals surface area (Å²) in [6.45, 7) is 0. The van der Waals surface area contributed by atoms with Crippen LogP contribution in [0.5, 0.6) is 0 Å². The van der Waals surface area contributed by atoms with E-state index in [9.17, 15) is 0 Å². The van der Waals surface area contributed by atoms with E-state index < -0.39 is 0 Å². The maximum absolute atomic E-state index is 8.93. The van der Waals surface area contributed by atoms with E-state index in [-0.39, 0.29) is 0 Å². The molecule has 2 saturated carbocycles. The first kappa shape index (κ1) is 8.78. The third kappa shape index (κ3) is 1.58.